The number of ether oxygens (including phenoxy) is 2. The van der Waals surface area contributed by atoms with Crippen molar-refractivity contribution in [2.75, 3.05) is 27.7 Å². The van der Waals surface area contributed by atoms with Crippen LogP contribution < -0.4 is 10.9 Å². The zero-order chi connectivity index (χ0) is 35.7. The van der Waals surface area contributed by atoms with Crippen molar-refractivity contribution in [3.8, 4) is 0 Å². The van der Waals surface area contributed by atoms with Gasteiger partial charge in [-0.1, -0.05) is 50.6 Å². The number of carbonyl (C=O) groups excluding carboxylic acids is 5. The van der Waals surface area contributed by atoms with Crippen LogP contribution in [0.5, 0.6) is 0 Å². The third kappa shape index (κ3) is 10.7. The van der Waals surface area contributed by atoms with Crippen LogP contribution in [0, 0.1) is 17.8 Å². The van der Waals surface area contributed by atoms with Gasteiger partial charge >= 0.3 is 11.9 Å². The lowest BCUT2D eigenvalue weighted by Gasteiger charge is -2.36. The van der Waals surface area contributed by atoms with E-state index in [0.29, 0.717) is 11.4 Å². The average Bonchev–Trinajstić information content (AvgIpc) is 3.81. The molecular formula is C36H51N5O7S. The van der Waals surface area contributed by atoms with Crippen LogP contribution in [0.3, 0.4) is 0 Å². The van der Waals surface area contributed by atoms with Crippen molar-refractivity contribution >= 4 is 40.9 Å². The molecule has 1 saturated carbocycles. The number of ketones is 1. The number of amides is 2. The number of likely N-dealkylation sites (N-methyl/N-ethyl adjacent to an activating group) is 1. The molecule has 4 rings (SSSR count). The van der Waals surface area contributed by atoms with Crippen LogP contribution in [0.4, 0.5) is 0 Å². The van der Waals surface area contributed by atoms with E-state index in [1.165, 1.54) is 25.4 Å². The maximum Gasteiger partial charge on any atom is 0.325 e. The lowest BCUT2D eigenvalue weighted by Crippen LogP contribution is -2.49. The van der Waals surface area contributed by atoms with Crippen molar-refractivity contribution in [3.63, 3.8) is 0 Å². The molecule has 2 fully saturated rings. The standard InChI is InChI=1S/C36H51N5O7S/c1-22(2)30(41(5)35(45)26(25-15-16-25)19-31(43)29-14-10-11-17-40(29)4)20-32(48-23(3)42)34-37-28(21-49-34)33(44)39-38-27(36(46)47-6)18-24-12-8-7-9-13-24/h7-9,12-13,21-22,25-27,29-30,32,38H,10-11,14-20H2,1-6H3,(H,39,44)/t26-,27-,29+,30+,32+/m0/s1. The zero-order valence-corrected chi connectivity index (χ0v) is 30.3. The van der Waals surface area contributed by atoms with Gasteiger partial charge in [-0.05, 0) is 56.7 Å². The molecule has 268 valence electrons. The molecule has 0 bridgehead atoms. The summed E-state index contributed by atoms with van der Waals surface area (Å²) in [6.45, 7) is 6.22. The lowest BCUT2D eigenvalue weighted by atomic mass is 9.88. The quantitative estimate of drug-likeness (QED) is 0.183. The van der Waals surface area contributed by atoms with E-state index in [9.17, 15) is 24.0 Å². The van der Waals surface area contributed by atoms with Gasteiger partial charge in [0.2, 0.25) is 5.91 Å². The number of nitrogens with zero attached hydrogens (tertiary/aromatic N) is 3. The van der Waals surface area contributed by atoms with E-state index in [2.05, 4.69) is 20.7 Å². The predicted octanol–water partition coefficient (Wildman–Crippen LogP) is 4.11. The minimum atomic E-state index is -0.832. The fourth-order valence-corrected chi connectivity index (χ4v) is 7.49. The molecule has 1 aliphatic heterocycles. The number of nitrogens with one attached hydrogen (secondary N) is 2. The second-order valence-electron chi connectivity index (χ2n) is 13.6. The fourth-order valence-electron chi connectivity index (χ4n) is 6.65. The normalized spacial score (nSPS) is 19.0. The molecule has 0 radical (unpaired) electrons. The van der Waals surface area contributed by atoms with E-state index in [0.717, 1.165) is 44.2 Å². The van der Waals surface area contributed by atoms with Crippen molar-refractivity contribution in [2.45, 2.75) is 96.4 Å². The maximum absolute atomic E-state index is 14.1. The van der Waals surface area contributed by atoms with E-state index >= 15 is 0 Å². The Morgan fingerprint density at radius 1 is 1.08 bits per heavy atom. The molecule has 1 aromatic carbocycles. The van der Waals surface area contributed by atoms with Crippen molar-refractivity contribution in [1.82, 2.24) is 25.6 Å². The second kappa shape index (κ2) is 17.8. The van der Waals surface area contributed by atoms with Crippen molar-refractivity contribution in [1.29, 1.82) is 0 Å². The van der Waals surface area contributed by atoms with Gasteiger partial charge in [-0.15, -0.1) is 11.3 Å². The monoisotopic (exact) mass is 697 g/mol. The summed E-state index contributed by atoms with van der Waals surface area (Å²) in [7, 11) is 5.04. The summed E-state index contributed by atoms with van der Waals surface area (Å²) in [5, 5.41) is 1.97. The number of benzene rings is 1. The molecule has 0 unspecified atom stereocenters. The number of hydrazine groups is 1. The van der Waals surface area contributed by atoms with Gasteiger partial charge in [0.15, 0.2) is 11.9 Å². The molecule has 13 heteroatoms. The highest BCUT2D eigenvalue weighted by molar-refractivity contribution is 7.09. The minimum absolute atomic E-state index is 0.00107. The van der Waals surface area contributed by atoms with Crippen molar-refractivity contribution in [3.05, 3.63) is 52.0 Å². The molecule has 49 heavy (non-hydrogen) atoms. The Hall–Kier alpha value is -3.68. The van der Waals surface area contributed by atoms with Gasteiger partial charge in [0.1, 0.15) is 16.7 Å². The van der Waals surface area contributed by atoms with Crippen LogP contribution in [-0.2, 0) is 35.1 Å². The van der Waals surface area contributed by atoms with Crippen molar-refractivity contribution in [2.24, 2.45) is 17.8 Å². The Bertz CT molecular complexity index is 1450. The van der Waals surface area contributed by atoms with Gasteiger partial charge in [0.05, 0.1) is 13.2 Å². The number of carbonyl (C=O) groups is 5. The largest absolute Gasteiger partial charge is 0.468 e. The van der Waals surface area contributed by atoms with E-state index in [1.807, 2.05) is 51.2 Å². The van der Waals surface area contributed by atoms with E-state index < -0.39 is 30.0 Å². The summed E-state index contributed by atoms with van der Waals surface area (Å²) in [5.74, 6) is -1.71. The number of esters is 2. The first-order valence-electron chi connectivity index (χ1n) is 17.2. The highest BCUT2D eigenvalue weighted by Gasteiger charge is 2.42. The summed E-state index contributed by atoms with van der Waals surface area (Å²) in [4.78, 5) is 73.5. The van der Waals surface area contributed by atoms with Crippen LogP contribution in [0.1, 0.15) is 92.9 Å². The van der Waals surface area contributed by atoms with Crippen LogP contribution in [0.2, 0.25) is 0 Å². The Morgan fingerprint density at radius 2 is 1.80 bits per heavy atom. The Morgan fingerprint density at radius 3 is 2.41 bits per heavy atom. The number of hydrogen-bond acceptors (Lipinski definition) is 11. The first kappa shape index (κ1) is 38.1. The summed E-state index contributed by atoms with van der Waals surface area (Å²) in [6.07, 6.45) is 4.80. The summed E-state index contributed by atoms with van der Waals surface area (Å²) in [5.41, 5.74) is 6.28. The van der Waals surface area contributed by atoms with E-state index in [1.54, 1.807) is 17.3 Å². The minimum Gasteiger partial charge on any atom is -0.468 e. The molecule has 1 saturated heterocycles. The molecule has 12 nitrogen and oxygen atoms in total. The molecule has 0 spiro atoms. The molecule has 2 aromatic rings. The van der Waals surface area contributed by atoms with Gasteiger partial charge in [0, 0.05) is 50.6 Å². The smallest absolute Gasteiger partial charge is 0.325 e. The maximum atomic E-state index is 14.1. The Balaban J connectivity index is 1.44. The molecule has 2 N–H and O–H groups in total. The number of hydrogen-bond donors (Lipinski definition) is 2. The third-order valence-electron chi connectivity index (χ3n) is 9.61. The van der Waals surface area contributed by atoms with Crippen LogP contribution >= 0.6 is 11.3 Å². The number of Topliss-reactive ketones (excluding diaryl/α,β-unsaturated/α-hetero) is 1. The summed E-state index contributed by atoms with van der Waals surface area (Å²) >= 11 is 1.17. The van der Waals surface area contributed by atoms with Crippen LogP contribution in [-0.4, -0.2) is 90.2 Å². The van der Waals surface area contributed by atoms with Gasteiger partial charge in [-0.25, -0.2) is 10.4 Å². The molecule has 2 aliphatic rings. The van der Waals surface area contributed by atoms with E-state index in [4.69, 9.17) is 9.47 Å². The Kier molecular flexibility index (Phi) is 13.9. The number of thiazole rings is 1. The molecule has 2 heterocycles. The third-order valence-corrected chi connectivity index (χ3v) is 10.5. The molecule has 5 atom stereocenters. The van der Waals surface area contributed by atoms with Crippen molar-refractivity contribution < 1.29 is 33.4 Å². The van der Waals surface area contributed by atoms with Crippen LogP contribution in [0.15, 0.2) is 35.7 Å². The number of likely N-dealkylation sites (tertiary alicyclic amines) is 1. The highest BCUT2D eigenvalue weighted by Crippen LogP contribution is 2.41. The van der Waals surface area contributed by atoms with Gasteiger partial charge < -0.3 is 14.4 Å². The fraction of sp³-hybridized carbons (Fsp3) is 0.611. The SMILES string of the molecule is COC(=O)[C@H](Cc1ccccc1)NNC(=O)c1csc([C@@H](C[C@H](C(C)C)N(C)C(=O)[C@@H](CC(=O)[C@H]2CCCCN2C)C2CC2)OC(C)=O)n1. The number of piperidine rings is 1. The zero-order valence-electron chi connectivity index (χ0n) is 29.5. The predicted molar refractivity (Wildman–Crippen MR) is 185 cm³/mol. The van der Waals surface area contributed by atoms with Crippen LogP contribution in [0.25, 0.3) is 0 Å². The number of methoxy groups -OCH3 is 1. The number of rotatable bonds is 17. The highest BCUT2D eigenvalue weighted by atomic mass is 32.1. The average molecular weight is 698 g/mol. The molecule has 1 aromatic heterocycles. The Labute approximate surface area is 293 Å². The van der Waals surface area contributed by atoms with E-state index in [-0.39, 0.29) is 60.1 Å². The molecule has 2 amide bonds. The first-order valence-corrected chi connectivity index (χ1v) is 18.1. The van der Waals surface area contributed by atoms with Gasteiger partial charge in [-0.2, -0.15) is 0 Å². The van der Waals surface area contributed by atoms with Gasteiger partial charge in [0.25, 0.3) is 5.91 Å². The van der Waals surface area contributed by atoms with Gasteiger partial charge in [-0.3, -0.25) is 34.3 Å². The summed E-state index contributed by atoms with van der Waals surface area (Å²) in [6, 6.07) is 8.05. The lowest BCUT2D eigenvalue weighted by molar-refractivity contribution is -0.149. The summed E-state index contributed by atoms with van der Waals surface area (Å²) < 4.78 is 10.6. The first-order chi connectivity index (χ1) is 23.4. The molecular weight excluding hydrogens is 646 g/mol. The molecule has 1 aliphatic carbocycles. The topological polar surface area (TPSA) is 147 Å². The number of aromatic nitrogens is 1. The second-order valence-corrected chi connectivity index (χ2v) is 14.5.